The minimum atomic E-state index is -0.0531. The molecule has 0 amide bonds. The second-order valence-corrected chi connectivity index (χ2v) is 4.35. The molecule has 0 aliphatic carbocycles. The van der Waals surface area contributed by atoms with E-state index in [-0.39, 0.29) is 19.0 Å². The van der Waals surface area contributed by atoms with Crippen LogP contribution in [0.2, 0.25) is 0 Å². The van der Waals surface area contributed by atoms with E-state index < -0.39 is 0 Å². The Hall–Kier alpha value is -1.20. The van der Waals surface area contributed by atoms with Crippen molar-refractivity contribution in [1.29, 1.82) is 5.41 Å². The van der Waals surface area contributed by atoms with Gasteiger partial charge in [0.2, 0.25) is 0 Å². The lowest BCUT2D eigenvalue weighted by Crippen LogP contribution is -2.15. The second-order valence-electron chi connectivity index (χ2n) is 3.05. The number of thioether (sulfide) groups is 1. The summed E-state index contributed by atoms with van der Waals surface area (Å²) in [4.78, 5) is 0.936. The second kappa shape index (κ2) is 6.40. The molecule has 0 atom stereocenters. The Balaban J connectivity index is 3.05. The van der Waals surface area contributed by atoms with Gasteiger partial charge in [-0.3, -0.25) is 5.41 Å². The Morgan fingerprint density at radius 3 is 2.88 bits per heavy atom. The van der Waals surface area contributed by atoms with E-state index in [1.807, 2.05) is 19.1 Å². The molecule has 0 bridgehead atoms. The number of nitrogens with two attached hydrogens (primary N) is 1. The lowest BCUT2D eigenvalue weighted by atomic mass is 10.2. The Kier molecular flexibility index (Phi) is 5.14. The van der Waals surface area contributed by atoms with Gasteiger partial charge in [0.15, 0.2) is 0 Å². The van der Waals surface area contributed by atoms with Crippen molar-refractivity contribution in [2.45, 2.75) is 11.8 Å². The van der Waals surface area contributed by atoms with Crippen LogP contribution in [0.3, 0.4) is 0 Å². The summed E-state index contributed by atoms with van der Waals surface area (Å²) < 4.78 is 5.35. The molecule has 0 saturated heterocycles. The third kappa shape index (κ3) is 3.15. The number of aliphatic hydroxyl groups excluding tert-OH is 1. The molecule has 0 unspecified atom stereocenters. The van der Waals surface area contributed by atoms with Crippen LogP contribution in [0.25, 0.3) is 0 Å². The van der Waals surface area contributed by atoms with E-state index in [2.05, 4.69) is 0 Å². The number of nitrogen functional groups attached to an aromatic ring is 1. The zero-order valence-electron chi connectivity index (χ0n) is 9.19. The Labute approximate surface area is 99.3 Å². The summed E-state index contributed by atoms with van der Waals surface area (Å²) in [6.07, 6.45) is 0. The highest BCUT2D eigenvalue weighted by atomic mass is 32.2. The first-order valence-electron chi connectivity index (χ1n) is 5.04. The third-order valence-electron chi connectivity index (χ3n) is 1.91. The average Bonchev–Trinajstić information content (AvgIpc) is 2.26. The minimum Gasteiger partial charge on any atom is -0.490 e. The first-order valence-corrected chi connectivity index (χ1v) is 6.03. The minimum absolute atomic E-state index is 0.00973. The zero-order chi connectivity index (χ0) is 12.0. The largest absolute Gasteiger partial charge is 0.490 e. The van der Waals surface area contributed by atoms with Crippen molar-refractivity contribution in [2.24, 2.45) is 5.73 Å². The molecule has 88 valence electrons. The molecule has 4 nitrogen and oxygen atoms in total. The van der Waals surface area contributed by atoms with E-state index in [0.717, 1.165) is 10.6 Å². The lowest BCUT2D eigenvalue weighted by Gasteiger charge is -2.13. The Bertz CT molecular complexity index is 369. The van der Waals surface area contributed by atoms with Gasteiger partial charge in [0.05, 0.1) is 12.2 Å². The molecule has 0 heterocycles. The van der Waals surface area contributed by atoms with Crippen molar-refractivity contribution < 1.29 is 9.84 Å². The van der Waals surface area contributed by atoms with Gasteiger partial charge in [-0.15, -0.1) is 11.8 Å². The highest BCUT2D eigenvalue weighted by molar-refractivity contribution is 7.99. The summed E-state index contributed by atoms with van der Waals surface area (Å²) in [6, 6.07) is 5.53. The van der Waals surface area contributed by atoms with Crippen LogP contribution in [0, 0.1) is 5.41 Å². The van der Waals surface area contributed by atoms with Crippen LogP contribution < -0.4 is 10.5 Å². The van der Waals surface area contributed by atoms with Crippen molar-refractivity contribution in [3.63, 3.8) is 0 Å². The van der Waals surface area contributed by atoms with Crippen LogP contribution in [0.1, 0.15) is 12.5 Å². The maximum atomic E-state index is 8.71. The lowest BCUT2D eigenvalue weighted by molar-refractivity contribution is 0.201. The number of benzene rings is 1. The van der Waals surface area contributed by atoms with Gasteiger partial charge in [-0.1, -0.05) is 13.0 Å². The van der Waals surface area contributed by atoms with Gasteiger partial charge >= 0.3 is 0 Å². The number of amidine groups is 1. The quantitative estimate of drug-likeness (QED) is 0.399. The fourth-order valence-corrected chi connectivity index (χ4v) is 2.17. The normalized spacial score (nSPS) is 10.1. The molecular weight excluding hydrogens is 224 g/mol. The van der Waals surface area contributed by atoms with E-state index in [1.54, 1.807) is 17.8 Å². The standard InChI is InChI=1S/C11H16N2O2S/c1-2-16-9-5-3-4-8(15-7-6-14)10(9)11(12)13/h3-5,14H,2,6-7H2,1H3,(H3,12,13). The summed E-state index contributed by atoms with van der Waals surface area (Å²) >= 11 is 1.61. The molecule has 0 saturated carbocycles. The topological polar surface area (TPSA) is 79.3 Å². The summed E-state index contributed by atoms with van der Waals surface area (Å²) in [5, 5.41) is 16.3. The first kappa shape index (κ1) is 12.9. The number of ether oxygens (including phenoxy) is 1. The van der Waals surface area contributed by atoms with E-state index in [9.17, 15) is 0 Å². The molecule has 16 heavy (non-hydrogen) atoms. The van der Waals surface area contributed by atoms with Crippen LogP contribution in [0.15, 0.2) is 23.1 Å². The summed E-state index contributed by atoms with van der Waals surface area (Å²) in [5.74, 6) is 1.45. The predicted molar refractivity (Wildman–Crippen MR) is 66.4 cm³/mol. The number of hydrogen-bond acceptors (Lipinski definition) is 4. The number of rotatable bonds is 6. The summed E-state index contributed by atoms with van der Waals surface area (Å²) in [5.41, 5.74) is 6.16. The molecule has 5 heteroatoms. The van der Waals surface area contributed by atoms with E-state index in [4.69, 9.17) is 21.0 Å². The van der Waals surface area contributed by atoms with Gasteiger partial charge in [0.1, 0.15) is 18.2 Å². The van der Waals surface area contributed by atoms with E-state index in [1.165, 1.54) is 0 Å². The molecule has 0 aromatic heterocycles. The fraction of sp³-hybridized carbons (Fsp3) is 0.364. The van der Waals surface area contributed by atoms with Crippen LogP contribution >= 0.6 is 11.8 Å². The number of hydrogen-bond donors (Lipinski definition) is 3. The van der Waals surface area contributed by atoms with Gasteiger partial charge < -0.3 is 15.6 Å². The van der Waals surface area contributed by atoms with E-state index >= 15 is 0 Å². The van der Waals surface area contributed by atoms with Gasteiger partial charge in [-0.25, -0.2) is 0 Å². The van der Waals surface area contributed by atoms with Crippen molar-refractivity contribution in [2.75, 3.05) is 19.0 Å². The van der Waals surface area contributed by atoms with Gasteiger partial charge in [-0.2, -0.15) is 0 Å². The maximum Gasteiger partial charge on any atom is 0.131 e. The predicted octanol–water partition coefficient (Wildman–Crippen LogP) is 1.45. The average molecular weight is 240 g/mol. The molecule has 1 aromatic carbocycles. The highest BCUT2D eigenvalue weighted by Crippen LogP contribution is 2.29. The van der Waals surface area contributed by atoms with Crippen LogP contribution in [-0.2, 0) is 0 Å². The molecular formula is C11H16N2O2S. The van der Waals surface area contributed by atoms with E-state index in [0.29, 0.717) is 11.3 Å². The van der Waals surface area contributed by atoms with Crippen molar-refractivity contribution >= 4 is 17.6 Å². The first-order chi connectivity index (χ1) is 7.70. The SMILES string of the molecule is CCSc1cccc(OCCO)c1C(=N)N. The molecule has 0 radical (unpaired) electrons. The Morgan fingerprint density at radius 2 is 2.31 bits per heavy atom. The third-order valence-corrected chi connectivity index (χ3v) is 2.85. The summed E-state index contributed by atoms with van der Waals surface area (Å²) in [6.45, 7) is 2.19. The van der Waals surface area contributed by atoms with Crippen molar-refractivity contribution in [3.05, 3.63) is 23.8 Å². The molecule has 4 N–H and O–H groups in total. The number of aliphatic hydroxyl groups is 1. The monoisotopic (exact) mass is 240 g/mol. The molecule has 0 fully saturated rings. The number of nitrogens with one attached hydrogen (secondary N) is 1. The van der Waals surface area contributed by atoms with Crippen LogP contribution in [0.5, 0.6) is 5.75 Å². The van der Waals surface area contributed by atoms with Crippen molar-refractivity contribution in [1.82, 2.24) is 0 Å². The van der Waals surface area contributed by atoms with Crippen molar-refractivity contribution in [3.8, 4) is 5.75 Å². The highest BCUT2D eigenvalue weighted by Gasteiger charge is 2.12. The zero-order valence-corrected chi connectivity index (χ0v) is 10.0. The van der Waals surface area contributed by atoms with Crippen LogP contribution in [-0.4, -0.2) is 29.9 Å². The van der Waals surface area contributed by atoms with Gasteiger partial charge in [0, 0.05) is 4.90 Å². The fourth-order valence-electron chi connectivity index (χ4n) is 1.33. The molecule has 0 aliphatic rings. The Morgan fingerprint density at radius 1 is 1.56 bits per heavy atom. The summed E-state index contributed by atoms with van der Waals surface area (Å²) in [7, 11) is 0. The van der Waals surface area contributed by atoms with Gasteiger partial charge in [-0.05, 0) is 17.9 Å². The molecule has 0 spiro atoms. The van der Waals surface area contributed by atoms with Gasteiger partial charge in [0.25, 0.3) is 0 Å². The molecule has 1 rings (SSSR count). The maximum absolute atomic E-state index is 8.71. The smallest absolute Gasteiger partial charge is 0.131 e. The molecule has 0 aliphatic heterocycles. The molecule has 1 aromatic rings. The van der Waals surface area contributed by atoms with Crippen LogP contribution in [0.4, 0.5) is 0 Å².